The Morgan fingerprint density at radius 1 is 1.50 bits per heavy atom. The summed E-state index contributed by atoms with van der Waals surface area (Å²) >= 11 is 1.66. The molecule has 0 saturated heterocycles. The molecule has 0 fully saturated rings. The number of aromatic nitrogens is 2. The molecule has 0 atom stereocenters. The van der Waals surface area contributed by atoms with E-state index in [1.165, 1.54) is 4.88 Å². The highest BCUT2D eigenvalue weighted by atomic mass is 32.1. The van der Waals surface area contributed by atoms with Crippen LogP contribution in [0, 0.1) is 18.8 Å². The molecule has 0 aliphatic heterocycles. The summed E-state index contributed by atoms with van der Waals surface area (Å²) in [4.78, 5) is 1.17. The van der Waals surface area contributed by atoms with Crippen LogP contribution in [0.25, 0.3) is 0 Å². The van der Waals surface area contributed by atoms with Crippen LogP contribution in [0.2, 0.25) is 0 Å². The van der Waals surface area contributed by atoms with Gasteiger partial charge in [0.15, 0.2) is 0 Å². The van der Waals surface area contributed by atoms with Gasteiger partial charge in [0.1, 0.15) is 6.61 Å². The molecule has 0 aromatic carbocycles. The predicted octanol–water partition coefficient (Wildman–Crippen LogP) is 1.65. The van der Waals surface area contributed by atoms with E-state index in [1.807, 2.05) is 29.1 Å². The highest BCUT2D eigenvalue weighted by molar-refractivity contribution is 7.10. The Labute approximate surface area is 98.4 Å². The summed E-state index contributed by atoms with van der Waals surface area (Å²) in [5, 5.41) is 14.9. The molecule has 3 nitrogen and oxygen atoms in total. The summed E-state index contributed by atoms with van der Waals surface area (Å²) in [5.41, 5.74) is 2.11. The van der Waals surface area contributed by atoms with E-state index in [0.717, 1.165) is 17.8 Å². The van der Waals surface area contributed by atoms with Crippen molar-refractivity contribution in [2.45, 2.75) is 13.5 Å². The molecule has 16 heavy (non-hydrogen) atoms. The second kappa shape index (κ2) is 4.97. The smallest absolute Gasteiger partial charge is 0.104 e. The van der Waals surface area contributed by atoms with Gasteiger partial charge in [-0.05, 0) is 24.4 Å². The Morgan fingerprint density at radius 2 is 2.38 bits per heavy atom. The lowest BCUT2D eigenvalue weighted by Gasteiger charge is -2.02. The van der Waals surface area contributed by atoms with Gasteiger partial charge in [0, 0.05) is 22.3 Å². The van der Waals surface area contributed by atoms with Gasteiger partial charge in [-0.25, -0.2) is 0 Å². The quantitative estimate of drug-likeness (QED) is 0.799. The van der Waals surface area contributed by atoms with Crippen LogP contribution in [0.4, 0.5) is 0 Å². The number of hydrogen-bond donors (Lipinski definition) is 1. The van der Waals surface area contributed by atoms with Gasteiger partial charge in [-0.1, -0.05) is 11.8 Å². The minimum Gasteiger partial charge on any atom is -0.384 e. The summed E-state index contributed by atoms with van der Waals surface area (Å²) in [6.45, 7) is 2.67. The lowest BCUT2D eigenvalue weighted by atomic mass is 10.2. The average molecular weight is 232 g/mol. The molecular weight excluding hydrogens is 220 g/mol. The van der Waals surface area contributed by atoms with E-state index in [1.54, 1.807) is 17.5 Å². The van der Waals surface area contributed by atoms with Crippen molar-refractivity contribution in [1.29, 1.82) is 0 Å². The molecule has 2 aromatic rings. The van der Waals surface area contributed by atoms with Crippen molar-refractivity contribution in [3.63, 3.8) is 0 Å². The normalized spacial score (nSPS) is 9.88. The standard InChI is InChI=1S/C12H12N2OS/c1-10-4-6-13-14(10)9-12-11(3-2-7-15)5-8-16-12/h4-6,8,15H,7,9H2,1H3. The van der Waals surface area contributed by atoms with Crippen LogP contribution in [0.3, 0.4) is 0 Å². The van der Waals surface area contributed by atoms with E-state index in [0.29, 0.717) is 0 Å². The van der Waals surface area contributed by atoms with Crippen molar-refractivity contribution >= 4 is 11.3 Å². The molecule has 0 radical (unpaired) electrons. The van der Waals surface area contributed by atoms with Crippen molar-refractivity contribution < 1.29 is 5.11 Å². The third kappa shape index (κ3) is 2.32. The van der Waals surface area contributed by atoms with Gasteiger partial charge in [0.2, 0.25) is 0 Å². The number of rotatable bonds is 2. The fraction of sp³-hybridized carbons (Fsp3) is 0.250. The first-order valence-corrected chi connectivity index (χ1v) is 5.83. The van der Waals surface area contributed by atoms with Gasteiger partial charge in [-0.2, -0.15) is 5.10 Å². The zero-order valence-corrected chi connectivity index (χ0v) is 9.79. The van der Waals surface area contributed by atoms with Gasteiger partial charge in [0.25, 0.3) is 0 Å². The third-order valence-electron chi connectivity index (χ3n) is 2.27. The molecule has 0 unspecified atom stereocenters. The second-order valence-corrected chi connectivity index (χ2v) is 4.35. The summed E-state index contributed by atoms with van der Waals surface area (Å²) in [6, 6.07) is 3.95. The first-order valence-electron chi connectivity index (χ1n) is 4.96. The first-order chi connectivity index (χ1) is 7.81. The summed E-state index contributed by atoms with van der Waals surface area (Å²) in [7, 11) is 0. The SMILES string of the molecule is Cc1ccnn1Cc1sccc1C#CCO. The summed E-state index contributed by atoms with van der Waals surface area (Å²) in [6.07, 6.45) is 1.79. The summed E-state index contributed by atoms with van der Waals surface area (Å²) < 4.78 is 1.94. The molecule has 2 aromatic heterocycles. The molecule has 0 aliphatic carbocycles. The number of nitrogens with zero attached hydrogens (tertiary/aromatic N) is 2. The Morgan fingerprint density at radius 3 is 3.06 bits per heavy atom. The lowest BCUT2D eigenvalue weighted by molar-refractivity contribution is 0.350. The highest BCUT2D eigenvalue weighted by Gasteiger charge is 2.04. The van der Waals surface area contributed by atoms with E-state index < -0.39 is 0 Å². The van der Waals surface area contributed by atoms with Crippen LogP contribution in [-0.2, 0) is 6.54 Å². The third-order valence-corrected chi connectivity index (χ3v) is 3.18. The molecule has 2 rings (SSSR count). The van der Waals surface area contributed by atoms with Crippen LogP contribution >= 0.6 is 11.3 Å². The molecule has 82 valence electrons. The van der Waals surface area contributed by atoms with Crippen molar-refractivity contribution in [1.82, 2.24) is 9.78 Å². The molecule has 4 heteroatoms. The van der Waals surface area contributed by atoms with Crippen molar-refractivity contribution in [3.05, 3.63) is 39.8 Å². The Hall–Kier alpha value is -1.57. The maximum Gasteiger partial charge on any atom is 0.104 e. The number of aliphatic hydroxyl groups excluding tert-OH is 1. The van der Waals surface area contributed by atoms with Crippen LogP contribution in [0.15, 0.2) is 23.7 Å². The van der Waals surface area contributed by atoms with Gasteiger partial charge in [-0.15, -0.1) is 11.3 Å². The van der Waals surface area contributed by atoms with E-state index in [2.05, 4.69) is 16.9 Å². The van der Waals surface area contributed by atoms with Gasteiger partial charge in [-0.3, -0.25) is 4.68 Å². The van der Waals surface area contributed by atoms with E-state index >= 15 is 0 Å². The van der Waals surface area contributed by atoms with Crippen LogP contribution in [0.1, 0.15) is 16.1 Å². The van der Waals surface area contributed by atoms with Gasteiger partial charge >= 0.3 is 0 Å². The first kappa shape index (κ1) is 10.9. The van der Waals surface area contributed by atoms with Crippen LogP contribution in [0.5, 0.6) is 0 Å². The van der Waals surface area contributed by atoms with E-state index in [-0.39, 0.29) is 6.61 Å². The number of hydrogen-bond acceptors (Lipinski definition) is 3. The molecule has 0 aliphatic rings. The van der Waals surface area contributed by atoms with E-state index in [9.17, 15) is 0 Å². The zero-order valence-electron chi connectivity index (χ0n) is 8.97. The highest BCUT2D eigenvalue weighted by Crippen LogP contribution is 2.17. The van der Waals surface area contributed by atoms with Crippen LogP contribution < -0.4 is 0 Å². The molecule has 2 heterocycles. The fourth-order valence-electron chi connectivity index (χ4n) is 1.41. The Balaban J connectivity index is 2.22. The minimum atomic E-state index is -0.101. The number of aryl methyl sites for hydroxylation is 1. The maximum atomic E-state index is 8.67. The minimum absolute atomic E-state index is 0.101. The van der Waals surface area contributed by atoms with Crippen molar-refractivity contribution in [2.24, 2.45) is 0 Å². The number of aliphatic hydroxyl groups is 1. The molecule has 0 saturated carbocycles. The molecule has 0 bridgehead atoms. The summed E-state index contributed by atoms with van der Waals surface area (Å²) in [5.74, 6) is 5.61. The molecular formula is C12H12N2OS. The molecule has 0 amide bonds. The topological polar surface area (TPSA) is 38.0 Å². The second-order valence-electron chi connectivity index (χ2n) is 3.35. The predicted molar refractivity (Wildman–Crippen MR) is 64.3 cm³/mol. The van der Waals surface area contributed by atoms with Gasteiger partial charge < -0.3 is 5.11 Å². The Kier molecular flexibility index (Phi) is 3.40. The Bertz CT molecular complexity index is 530. The van der Waals surface area contributed by atoms with Crippen LogP contribution in [-0.4, -0.2) is 21.5 Å². The largest absolute Gasteiger partial charge is 0.384 e. The average Bonchev–Trinajstić information content (AvgIpc) is 2.87. The zero-order chi connectivity index (χ0) is 11.4. The lowest BCUT2D eigenvalue weighted by Crippen LogP contribution is -2.02. The van der Waals surface area contributed by atoms with Crippen molar-refractivity contribution in [2.75, 3.05) is 6.61 Å². The van der Waals surface area contributed by atoms with E-state index in [4.69, 9.17) is 5.11 Å². The molecule has 0 spiro atoms. The molecule has 1 N–H and O–H groups in total. The van der Waals surface area contributed by atoms with Crippen molar-refractivity contribution in [3.8, 4) is 11.8 Å². The monoisotopic (exact) mass is 232 g/mol. The fourth-order valence-corrected chi connectivity index (χ4v) is 2.22. The van der Waals surface area contributed by atoms with Gasteiger partial charge in [0.05, 0.1) is 6.54 Å². The number of thiophene rings is 1. The maximum absolute atomic E-state index is 8.67.